The maximum absolute atomic E-state index is 13.5. The maximum Gasteiger partial charge on any atom is 0.330 e. The van der Waals surface area contributed by atoms with E-state index >= 15 is 0 Å². The van der Waals surface area contributed by atoms with Gasteiger partial charge in [0.05, 0.1) is 6.04 Å². The summed E-state index contributed by atoms with van der Waals surface area (Å²) in [5, 5.41) is 2.43. The molecule has 0 aromatic heterocycles. The summed E-state index contributed by atoms with van der Waals surface area (Å²) in [6.45, 7) is 2.85. The van der Waals surface area contributed by atoms with E-state index in [1.807, 2.05) is 42.5 Å². The van der Waals surface area contributed by atoms with E-state index in [0.717, 1.165) is 39.8 Å². The molecule has 2 aromatic carbocycles. The molecule has 2 saturated heterocycles. The molecule has 2 aromatic rings. The maximum atomic E-state index is 13.5. The smallest absolute Gasteiger partial charge is 0.330 e. The molecule has 4 amide bonds. The molecule has 0 unspecified atom stereocenters. The largest absolute Gasteiger partial charge is 0.454 e. The van der Waals surface area contributed by atoms with Crippen molar-refractivity contribution < 1.29 is 23.9 Å². The van der Waals surface area contributed by atoms with Crippen LogP contribution in [0.5, 0.6) is 11.5 Å². The van der Waals surface area contributed by atoms with E-state index in [2.05, 4.69) is 15.1 Å². The summed E-state index contributed by atoms with van der Waals surface area (Å²) in [6.07, 6.45) is 0.268. The molecular formula is C24H24N4O5. The number of rotatable bonds is 2. The van der Waals surface area contributed by atoms with Crippen LogP contribution in [0.15, 0.2) is 42.5 Å². The second kappa shape index (κ2) is 7.21. The first-order valence-electron chi connectivity index (χ1n) is 11.1. The molecule has 2 fully saturated rings. The van der Waals surface area contributed by atoms with Gasteiger partial charge in [-0.25, -0.2) is 4.79 Å². The highest BCUT2D eigenvalue weighted by Crippen LogP contribution is 2.45. The summed E-state index contributed by atoms with van der Waals surface area (Å²) in [5.41, 5.74) is 1.72. The molecule has 4 aliphatic rings. The second-order valence-electron chi connectivity index (χ2n) is 9.03. The quantitative estimate of drug-likeness (QED) is 0.694. The number of anilines is 1. The van der Waals surface area contributed by atoms with Gasteiger partial charge < -0.3 is 14.4 Å². The number of urea groups is 1. The second-order valence-corrected chi connectivity index (χ2v) is 9.03. The number of ether oxygens (including phenoxy) is 2. The molecule has 0 saturated carbocycles. The zero-order chi connectivity index (χ0) is 22.7. The normalized spacial score (nSPS) is 26.3. The Kier molecular flexibility index (Phi) is 4.38. The van der Waals surface area contributed by atoms with Crippen molar-refractivity contribution in [3.63, 3.8) is 0 Å². The number of barbiturate groups is 1. The minimum atomic E-state index is -1.36. The number of fused-ring (bicyclic) bond motifs is 5. The molecule has 0 radical (unpaired) electrons. The molecule has 2 atom stereocenters. The number of hydrogen-bond acceptors (Lipinski definition) is 7. The monoisotopic (exact) mass is 448 g/mol. The predicted molar refractivity (Wildman–Crippen MR) is 118 cm³/mol. The summed E-state index contributed by atoms with van der Waals surface area (Å²) in [5.74, 6) is 0.524. The van der Waals surface area contributed by atoms with Crippen LogP contribution in [0, 0.1) is 5.41 Å². The van der Waals surface area contributed by atoms with E-state index in [4.69, 9.17) is 9.47 Å². The van der Waals surface area contributed by atoms with Crippen LogP contribution in [-0.2, 0) is 22.6 Å². The van der Waals surface area contributed by atoms with Gasteiger partial charge in [-0.1, -0.05) is 24.3 Å². The van der Waals surface area contributed by atoms with E-state index in [-0.39, 0.29) is 13.2 Å². The van der Waals surface area contributed by atoms with Crippen LogP contribution in [0.1, 0.15) is 11.1 Å². The SMILES string of the molecule is CN1C(=O)NC(=O)[C@@]2(Cc3ccccc3N3CCN(Cc4ccc5c(c4)OCO5)C[C@@H]32)C1=O. The molecule has 9 nitrogen and oxygen atoms in total. The van der Waals surface area contributed by atoms with Gasteiger partial charge in [0.25, 0.3) is 0 Å². The third-order valence-electron chi connectivity index (χ3n) is 7.26. The number of nitrogens with zero attached hydrogens (tertiary/aromatic N) is 3. The third-order valence-corrected chi connectivity index (χ3v) is 7.26. The average molecular weight is 448 g/mol. The number of para-hydroxylation sites is 1. The van der Waals surface area contributed by atoms with Crippen LogP contribution in [-0.4, -0.2) is 67.2 Å². The zero-order valence-corrected chi connectivity index (χ0v) is 18.2. The third kappa shape index (κ3) is 2.92. The fraction of sp³-hybridized carbons (Fsp3) is 0.375. The number of piperazine rings is 1. The molecule has 170 valence electrons. The number of imide groups is 2. The van der Waals surface area contributed by atoms with Gasteiger partial charge in [0.2, 0.25) is 18.6 Å². The lowest BCUT2D eigenvalue weighted by Gasteiger charge is -2.55. The molecule has 6 rings (SSSR count). The topological polar surface area (TPSA) is 91.4 Å². The summed E-state index contributed by atoms with van der Waals surface area (Å²) < 4.78 is 10.9. The number of carbonyl (C=O) groups is 3. The van der Waals surface area contributed by atoms with Crippen molar-refractivity contribution in [1.82, 2.24) is 15.1 Å². The van der Waals surface area contributed by atoms with Crippen LogP contribution in [0.3, 0.4) is 0 Å². The Morgan fingerprint density at radius 3 is 2.76 bits per heavy atom. The zero-order valence-electron chi connectivity index (χ0n) is 18.2. The summed E-state index contributed by atoms with van der Waals surface area (Å²) in [4.78, 5) is 44.5. The molecule has 4 aliphatic heterocycles. The number of nitrogens with one attached hydrogen (secondary N) is 1. The Morgan fingerprint density at radius 1 is 1.06 bits per heavy atom. The molecular weight excluding hydrogens is 424 g/mol. The Bertz CT molecular complexity index is 1180. The number of benzene rings is 2. The van der Waals surface area contributed by atoms with Gasteiger partial charge in [0, 0.05) is 38.9 Å². The fourth-order valence-electron chi connectivity index (χ4n) is 5.58. The van der Waals surface area contributed by atoms with E-state index < -0.39 is 29.3 Å². The molecule has 4 heterocycles. The number of hydrogen-bond donors (Lipinski definition) is 1. The highest BCUT2D eigenvalue weighted by Gasteiger charge is 2.62. The van der Waals surface area contributed by atoms with Crippen molar-refractivity contribution >= 4 is 23.5 Å². The van der Waals surface area contributed by atoms with Crippen molar-refractivity contribution in [3.05, 3.63) is 53.6 Å². The van der Waals surface area contributed by atoms with E-state index in [1.54, 1.807) is 0 Å². The summed E-state index contributed by atoms with van der Waals surface area (Å²) in [6, 6.07) is 12.7. The van der Waals surface area contributed by atoms with E-state index in [1.165, 1.54) is 7.05 Å². The fourth-order valence-corrected chi connectivity index (χ4v) is 5.58. The first kappa shape index (κ1) is 20.0. The van der Waals surface area contributed by atoms with Crippen LogP contribution in [0.4, 0.5) is 10.5 Å². The molecule has 0 aliphatic carbocycles. The van der Waals surface area contributed by atoms with Crippen LogP contribution in [0.2, 0.25) is 0 Å². The first-order chi connectivity index (χ1) is 16.0. The van der Waals surface area contributed by atoms with Crippen LogP contribution >= 0.6 is 0 Å². The van der Waals surface area contributed by atoms with Crippen molar-refractivity contribution in [2.24, 2.45) is 5.41 Å². The summed E-state index contributed by atoms with van der Waals surface area (Å²) in [7, 11) is 1.43. The molecule has 1 N–H and O–H groups in total. The van der Waals surface area contributed by atoms with Gasteiger partial charge in [0.1, 0.15) is 0 Å². The Hall–Kier alpha value is -3.59. The van der Waals surface area contributed by atoms with Gasteiger partial charge in [-0.05, 0) is 35.7 Å². The Morgan fingerprint density at radius 2 is 1.88 bits per heavy atom. The Balaban J connectivity index is 1.36. The van der Waals surface area contributed by atoms with E-state index in [9.17, 15) is 14.4 Å². The highest BCUT2D eigenvalue weighted by molar-refractivity contribution is 6.20. The van der Waals surface area contributed by atoms with Crippen LogP contribution in [0.25, 0.3) is 0 Å². The molecule has 33 heavy (non-hydrogen) atoms. The molecule has 9 heteroatoms. The van der Waals surface area contributed by atoms with Gasteiger partial charge in [-0.3, -0.25) is 24.7 Å². The lowest BCUT2D eigenvalue weighted by Crippen LogP contribution is -2.74. The minimum Gasteiger partial charge on any atom is -0.454 e. The van der Waals surface area contributed by atoms with Crippen molar-refractivity contribution in [2.45, 2.75) is 19.0 Å². The highest BCUT2D eigenvalue weighted by atomic mass is 16.7. The number of carbonyl (C=O) groups excluding carboxylic acids is 3. The summed E-state index contributed by atoms with van der Waals surface area (Å²) >= 11 is 0. The molecule has 0 bridgehead atoms. The van der Waals surface area contributed by atoms with Crippen LogP contribution < -0.4 is 19.7 Å². The van der Waals surface area contributed by atoms with E-state index in [0.29, 0.717) is 19.6 Å². The lowest BCUT2D eigenvalue weighted by molar-refractivity contribution is -0.153. The van der Waals surface area contributed by atoms with Gasteiger partial charge >= 0.3 is 6.03 Å². The average Bonchev–Trinajstić information content (AvgIpc) is 3.29. The van der Waals surface area contributed by atoms with Gasteiger partial charge in [-0.2, -0.15) is 0 Å². The minimum absolute atomic E-state index is 0.227. The van der Waals surface area contributed by atoms with Crippen molar-refractivity contribution in [1.29, 1.82) is 0 Å². The molecule has 1 spiro atoms. The standard InChI is InChI=1S/C24H24N4O5/c1-26-22(30)24(21(29)25-23(26)31)11-16-4-2-3-5-17(16)28-9-8-27(13-20(24)28)12-15-6-7-18-19(10-15)33-14-32-18/h2-7,10,20H,8-9,11-14H2,1H3,(H,25,29,31)/t20-,24+/m1/s1. The Labute approximate surface area is 190 Å². The first-order valence-corrected chi connectivity index (χ1v) is 11.1. The number of amides is 4. The lowest BCUT2D eigenvalue weighted by atomic mass is 9.67. The van der Waals surface area contributed by atoms with Crippen molar-refractivity contribution in [3.8, 4) is 11.5 Å². The van der Waals surface area contributed by atoms with Crippen molar-refractivity contribution in [2.75, 3.05) is 38.4 Å². The van der Waals surface area contributed by atoms with Gasteiger partial charge in [-0.15, -0.1) is 0 Å². The van der Waals surface area contributed by atoms with Gasteiger partial charge in [0.15, 0.2) is 16.9 Å². The predicted octanol–water partition coefficient (Wildman–Crippen LogP) is 1.36.